The molecule has 0 unspecified atom stereocenters. The molecule has 1 saturated heterocycles. The fraction of sp³-hybridized carbons (Fsp3) is 0.500. The Morgan fingerprint density at radius 3 is 2.48 bits per heavy atom. The number of hydrogen-bond donors (Lipinski definition) is 2. The van der Waals surface area contributed by atoms with Crippen molar-refractivity contribution in [3.05, 3.63) is 35.6 Å². The standard InChI is InChI=1S/C18H25FN4O2/c1-2-20-18(21-11-10-14-6-8-15(19)9-7-14)22-12-13-23-16(24)4-3-5-17(23)25/h6-9H,2-5,10-13H2,1H3,(H2,20,21,22). The SMILES string of the molecule is CCNC(=NCCc1ccc(F)cc1)NCCN1C(=O)CCCC1=O. The second kappa shape index (κ2) is 9.76. The maximum Gasteiger partial charge on any atom is 0.229 e. The molecular formula is C18H25FN4O2. The smallest absolute Gasteiger partial charge is 0.229 e. The third-order valence-electron chi connectivity index (χ3n) is 3.94. The number of carbonyl (C=O) groups is 2. The van der Waals surface area contributed by atoms with E-state index in [1.54, 1.807) is 12.1 Å². The van der Waals surface area contributed by atoms with E-state index in [9.17, 15) is 14.0 Å². The van der Waals surface area contributed by atoms with Gasteiger partial charge in [0.25, 0.3) is 0 Å². The fourth-order valence-electron chi connectivity index (χ4n) is 2.62. The Hall–Kier alpha value is -2.44. The summed E-state index contributed by atoms with van der Waals surface area (Å²) in [7, 11) is 0. The van der Waals surface area contributed by atoms with Gasteiger partial charge in [-0.2, -0.15) is 0 Å². The van der Waals surface area contributed by atoms with Crippen LogP contribution in [0.25, 0.3) is 0 Å². The summed E-state index contributed by atoms with van der Waals surface area (Å²) in [5.41, 5.74) is 1.02. The molecule has 1 aliphatic heterocycles. The summed E-state index contributed by atoms with van der Waals surface area (Å²) in [6.07, 6.45) is 2.24. The van der Waals surface area contributed by atoms with Crippen LogP contribution in [0.2, 0.25) is 0 Å². The van der Waals surface area contributed by atoms with Crippen LogP contribution in [0.3, 0.4) is 0 Å². The fourth-order valence-corrected chi connectivity index (χ4v) is 2.62. The highest BCUT2D eigenvalue weighted by molar-refractivity contribution is 5.97. The van der Waals surface area contributed by atoms with Gasteiger partial charge in [-0.05, 0) is 37.5 Å². The largest absolute Gasteiger partial charge is 0.357 e. The first-order valence-electron chi connectivity index (χ1n) is 8.70. The highest BCUT2D eigenvalue weighted by Gasteiger charge is 2.25. The highest BCUT2D eigenvalue weighted by atomic mass is 19.1. The Bertz CT molecular complexity index is 600. The van der Waals surface area contributed by atoms with Gasteiger partial charge in [0.1, 0.15) is 5.82 Å². The number of rotatable bonds is 7. The molecule has 0 radical (unpaired) electrons. The van der Waals surface area contributed by atoms with Crippen molar-refractivity contribution in [1.82, 2.24) is 15.5 Å². The van der Waals surface area contributed by atoms with Gasteiger partial charge in [-0.1, -0.05) is 12.1 Å². The van der Waals surface area contributed by atoms with E-state index in [0.717, 1.165) is 5.56 Å². The molecule has 25 heavy (non-hydrogen) atoms. The average molecular weight is 348 g/mol. The first-order valence-corrected chi connectivity index (χ1v) is 8.70. The average Bonchev–Trinajstić information content (AvgIpc) is 2.59. The molecule has 7 heteroatoms. The molecule has 0 aliphatic carbocycles. The second-order valence-electron chi connectivity index (χ2n) is 5.86. The quantitative estimate of drug-likeness (QED) is 0.444. The molecule has 0 atom stereocenters. The van der Waals surface area contributed by atoms with Crippen LogP contribution in [-0.4, -0.2) is 48.9 Å². The first kappa shape index (κ1) is 18.9. The molecule has 0 saturated carbocycles. The minimum atomic E-state index is -0.246. The number of piperidine rings is 1. The Morgan fingerprint density at radius 1 is 1.16 bits per heavy atom. The summed E-state index contributed by atoms with van der Waals surface area (Å²) in [5, 5.41) is 6.27. The van der Waals surface area contributed by atoms with Gasteiger partial charge in [0.2, 0.25) is 11.8 Å². The molecule has 136 valence electrons. The summed E-state index contributed by atoms with van der Waals surface area (Å²) in [5.74, 6) is 0.193. The number of nitrogens with zero attached hydrogens (tertiary/aromatic N) is 2. The predicted molar refractivity (Wildman–Crippen MR) is 94.7 cm³/mol. The number of halogens is 1. The number of guanidine groups is 1. The normalized spacial score (nSPS) is 15.4. The number of amides is 2. The first-order chi connectivity index (χ1) is 12.1. The summed E-state index contributed by atoms with van der Waals surface area (Å²) >= 11 is 0. The van der Waals surface area contributed by atoms with Gasteiger partial charge in [-0.15, -0.1) is 0 Å². The van der Waals surface area contributed by atoms with E-state index >= 15 is 0 Å². The zero-order chi connectivity index (χ0) is 18.1. The molecule has 2 rings (SSSR count). The van der Waals surface area contributed by atoms with E-state index in [-0.39, 0.29) is 17.6 Å². The molecule has 0 bridgehead atoms. The second-order valence-corrected chi connectivity index (χ2v) is 5.86. The topological polar surface area (TPSA) is 73.8 Å². The maximum absolute atomic E-state index is 12.9. The molecule has 2 N–H and O–H groups in total. The summed E-state index contributed by atoms with van der Waals surface area (Å²) in [6.45, 7) is 4.04. The molecule has 1 aromatic rings. The summed E-state index contributed by atoms with van der Waals surface area (Å²) in [6, 6.07) is 6.38. The number of aliphatic imine (C=N–C) groups is 1. The van der Waals surface area contributed by atoms with Crippen molar-refractivity contribution in [2.24, 2.45) is 4.99 Å². The zero-order valence-corrected chi connectivity index (χ0v) is 14.6. The van der Waals surface area contributed by atoms with Crippen LogP contribution < -0.4 is 10.6 Å². The molecule has 1 aliphatic rings. The lowest BCUT2D eigenvalue weighted by Crippen LogP contribution is -2.46. The van der Waals surface area contributed by atoms with Crippen molar-refractivity contribution >= 4 is 17.8 Å². The number of likely N-dealkylation sites (tertiary alicyclic amines) is 1. The molecule has 2 amide bonds. The van der Waals surface area contributed by atoms with Gasteiger partial charge in [0.15, 0.2) is 5.96 Å². The minimum absolute atomic E-state index is 0.101. The molecule has 0 aromatic heterocycles. The van der Waals surface area contributed by atoms with E-state index in [0.29, 0.717) is 57.8 Å². The van der Waals surface area contributed by atoms with Gasteiger partial charge in [-0.3, -0.25) is 19.5 Å². The number of benzene rings is 1. The van der Waals surface area contributed by atoms with Crippen LogP contribution in [0.5, 0.6) is 0 Å². The van der Waals surface area contributed by atoms with Crippen molar-refractivity contribution in [3.63, 3.8) is 0 Å². The maximum atomic E-state index is 12.9. The molecule has 0 spiro atoms. The van der Waals surface area contributed by atoms with Crippen molar-refractivity contribution < 1.29 is 14.0 Å². The van der Waals surface area contributed by atoms with E-state index < -0.39 is 0 Å². The molecular weight excluding hydrogens is 323 g/mol. The Kier molecular flexibility index (Phi) is 7.37. The van der Waals surface area contributed by atoms with Gasteiger partial charge in [-0.25, -0.2) is 4.39 Å². The van der Waals surface area contributed by atoms with Gasteiger partial charge in [0.05, 0.1) is 0 Å². The van der Waals surface area contributed by atoms with E-state index in [1.165, 1.54) is 17.0 Å². The van der Waals surface area contributed by atoms with Crippen molar-refractivity contribution in [2.45, 2.75) is 32.6 Å². The van der Waals surface area contributed by atoms with Crippen LogP contribution >= 0.6 is 0 Å². The highest BCUT2D eigenvalue weighted by Crippen LogP contribution is 2.11. The summed E-state index contributed by atoms with van der Waals surface area (Å²) < 4.78 is 12.9. The Morgan fingerprint density at radius 2 is 1.84 bits per heavy atom. The number of hydrogen-bond acceptors (Lipinski definition) is 3. The lowest BCUT2D eigenvalue weighted by atomic mass is 10.1. The lowest BCUT2D eigenvalue weighted by Gasteiger charge is -2.25. The number of nitrogens with one attached hydrogen (secondary N) is 2. The molecule has 6 nitrogen and oxygen atoms in total. The van der Waals surface area contributed by atoms with Crippen LogP contribution in [0.4, 0.5) is 4.39 Å². The minimum Gasteiger partial charge on any atom is -0.357 e. The predicted octanol–water partition coefficient (Wildman–Crippen LogP) is 1.46. The number of imide groups is 1. The van der Waals surface area contributed by atoms with Crippen LogP contribution in [0.1, 0.15) is 31.7 Å². The number of carbonyl (C=O) groups excluding carboxylic acids is 2. The van der Waals surface area contributed by atoms with Crippen LogP contribution in [0, 0.1) is 5.82 Å². The molecule has 1 heterocycles. The van der Waals surface area contributed by atoms with E-state index in [1.807, 2.05) is 6.92 Å². The Balaban J connectivity index is 1.79. The van der Waals surface area contributed by atoms with E-state index in [2.05, 4.69) is 15.6 Å². The molecule has 1 aromatic carbocycles. The van der Waals surface area contributed by atoms with Crippen LogP contribution in [0.15, 0.2) is 29.3 Å². The van der Waals surface area contributed by atoms with Crippen molar-refractivity contribution in [1.29, 1.82) is 0 Å². The van der Waals surface area contributed by atoms with Crippen molar-refractivity contribution in [3.8, 4) is 0 Å². The van der Waals surface area contributed by atoms with Gasteiger partial charge < -0.3 is 10.6 Å². The van der Waals surface area contributed by atoms with Crippen molar-refractivity contribution in [2.75, 3.05) is 26.2 Å². The van der Waals surface area contributed by atoms with Gasteiger partial charge >= 0.3 is 0 Å². The van der Waals surface area contributed by atoms with E-state index in [4.69, 9.17) is 0 Å². The third-order valence-corrected chi connectivity index (χ3v) is 3.94. The third kappa shape index (κ3) is 6.17. The zero-order valence-electron chi connectivity index (χ0n) is 14.6. The Labute approximate surface area is 147 Å². The molecule has 1 fully saturated rings. The van der Waals surface area contributed by atoms with Gasteiger partial charge in [0, 0.05) is 39.0 Å². The van der Waals surface area contributed by atoms with Crippen LogP contribution in [-0.2, 0) is 16.0 Å². The monoisotopic (exact) mass is 348 g/mol. The lowest BCUT2D eigenvalue weighted by molar-refractivity contribution is -0.147. The summed E-state index contributed by atoms with van der Waals surface area (Å²) in [4.78, 5) is 29.3.